The van der Waals surface area contributed by atoms with Gasteiger partial charge in [-0.15, -0.1) is 0 Å². The molecule has 9 heteroatoms. The van der Waals surface area contributed by atoms with E-state index in [2.05, 4.69) is 10.5 Å². The van der Waals surface area contributed by atoms with E-state index in [1.807, 2.05) is 42.5 Å². The van der Waals surface area contributed by atoms with Crippen LogP contribution in [-0.2, 0) is 13.2 Å². The number of nitrogens with zero attached hydrogens (tertiary/aromatic N) is 1. The molecule has 0 saturated carbocycles. The molecule has 0 aliphatic carbocycles. The van der Waals surface area contributed by atoms with Gasteiger partial charge < -0.3 is 14.2 Å². The summed E-state index contributed by atoms with van der Waals surface area (Å²) >= 11 is 18.7. The van der Waals surface area contributed by atoms with Crippen LogP contribution in [-0.4, -0.2) is 19.2 Å². The fraction of sp³-hybridized carbons (Fsp3) is 0.103. The summed E-state index contributed by atoms with van der Waals surface area (Å²) < 4.78 is 17.0. The third-order valence-electron chi connectivity index (χ3n) is 5.36. The highest BCUT2D eigenvalue weighted by Crippen LogP contribution is 2.34. The third kappa shape index (κ3) is 7.42. The van der Waals surface area contributed by atoms with Gasteiger partial charge in [-0.3, -0.25) is 4.79 Å². The standard InChI is InChI=1S/C29H23Cl3N2O4/c1-36-27-15-22(9-12-26(27)37-17-19-5-3-2-4-6-19)29(35)34-33-16-21-13-24(31)28(25(32)14-21)38-18-20-7-10-23(30)11-8-20/h2-16H,17-18H2,1H3,(H,34,35)/b33-16+. The lowest BCUT2D eigenvalue weighted by Crippen LogP contribution is -2.17. The topological polar surface area (TPSA) is 69.2 Å². The summed E-state index contributed by atoms with van der Waals surface area (Å²) in [6.45, 7) is 0.656. The Labute approximate surface area is 235 Å². The van der Waals surface area contributed by atoms with E-state index in [1.54, 1.807) is 42.5 Å². The van der Waals surface area contributed by atoms with Crippen LogP contribution < -0.4 is 19.6 Å². The lowest BCUT2D eigenvalue weighted by Gasteiger charge is -2.12. The molecule has 0 fully saturated rings. The Bertz CT molecular complexity index is 1400. The first-order chi connectivity index (χ1) is 18.4. The number of amides is 1. The smallest absolute Gasteiger partial charge is 0.271 e. The predicted octanol–water partition coefficient (Wildman–Crippen LogP) is 7.58. The molecular formula is C29H23Cl3N2O4. The zero-order valence-electron chi connectivity index (χ0n) is 20.3. The van der Waals surface area contributed by atoms with E-state index >= 15 is 0 Å². The molecule has 4 rings (SSSR count). The Morgan fingerprint density at radius 3 is 2.16 bits per heavy atom. The van der Waals surface area contributed by atoms with Crippen molar-refractivity contribution in [3.8, 4) is 17.2 Å². The van der Waals surface area contributed by atoms with Crippen molar-refractivity contribution in [1.82, 2.24) is 5.43 Å². The quantitative estimate of drug-likeness (QED) is 0.158. The van der Waals surface area contributed by atoms with Crippen LogP contribution in [0.1, 0.15) is 27.0 Å². The second-order valence-corrected chi connectivity index (χ2v) is 9.32. The molecule has 0 aliphatic rings. The van der Waals surface area contributed by atoms with Gasteiger partial charge in [-0.1, -0.05) is 77.3 Å². The molecule has 0 atom stereocenters. The number of rotatable bonds is 10. The zero-order valence-corrected chi connectivity index (χ0v) is 22.6. The van der Waals surface area contributed by atoms with Crippen molar-refractivity contribution in [3.05, 3.63) is 122 Å². The first-order valence-electron chi connectivity index (χ1n) is 11.5. The van der Waals surface area contributed by atoms with Crippen molar-refractivity contribution >= 4 is 46.9 Å². The number of ether oxygens (including phenoxy) is 3. The first kappa shape index (κ1) is 27.3. The fourth-order valence-electron chi connectivity index (χ4n) is 3.42. The second-order valence-electron chi connectivity index (χ2n) is 8.07. The average molecular weight is 570 g/mol. The van der Waals surface area contributed by atoms with Crippen LogP contribution in [0.2, 0.25) is 15.1 Å². The normalized spacial score (nSPS) is 10.8. The average Bonchev–Trinajstić information content (AvgIpc) is 2.93. The molecule has 4 aromatic carbocycles. The van der Waals surface area contributed by atoms with Crippen LogP contribution in [0.5, 0.6) is 17.2 Å². The van der Waals surface area contributed by atoms with Gasteiger partial charge in [0.15, 0.2) is 17.2 Å². The summed E-state index contributed by atoms with van der Waals surface area (Å²) in [5, 5.41) is 5.29. The van der Waals surface area contributed by atoms with Gasteiger partial charge in [0, 0.05) is 10.6 Å². The lowest BCUT2D eigenvalue weighted by molar-refractivity contribution is 0.0954. The number of halogens is 3. The largest absolute Gasteiger partial charge is 0.493 e. The Balaban J connectivity index is 1.36. The van der Waals surface area contributed by atoms with E-state index in [0.29, 0.717) is 50.1 Å². The summed E-state index contributed by atoms with van der Waals surface area (Å²) in [5.74, 6) is 0.893. The minimum absolute atomic E-state index is 0.277. The molecule has 0 heterocycles. The third-order valence-corrected chi connectivity index (χ3v) is 6.17. The van der Waals surface area contributed by atoms with E-state index in [4.69, 9.17) is 49.0 Å². The summed E-state index contributed by atoms with van der Waals surface area (Å²) in [5.41, 5.74) is 5.37. The van der Waals surface area contributed by atoms with Crippen molar-refractivity contribution in [2.45, 2.75) is 13.2 Å². The number of carbonyl (C=O) groups is 1. The Morgan fingerprint density at radius 2 is 1.47 bits per heavy atom. The maximum absolute atomic E-state index is 12.6. The van der Waals surface area contributed by atoms with Gasteiger partial charge in [-0.2, -0.15) is 5.10 Å². The van der Waals surface area contributed by atoms with E-state index in [-0.39, 0.29) is 6.61 Å². The molecule has 6 nitrogen and oxygen atoms in total. The van der Waals surface area contributed by atoms with Crippen molar-refractivity contribution in [2.24, 2.45) is 5.10 Å². The highest BCUT2D eigenvalue weighted by molar-refractivity contribution is 6.37. The predicted molar refractivity (Wildman–Crippen MR) is 151 cm³/mol. The summed E-state index contributed by atoms with van der Waals surface area (Å²) in [6, 6.07) is 25.2. The molecule has 1 N–H and O–H groups in total. The molecule has 0 spiro atoms. The van der Waals surface area contributed by atoms with Gasteiger partial charge in [0.05, 0.1) is 23.4 Å². The Morgan fingerprint density at radius 1 is 0.816 bits per heavy atom. The Hall–Kier alpha value is -3.71. The fourth-order valence-corrected chi connectivity index (χ4v) is 4.16. The van der Waals surface area contributed by atoms with E-state index in [1.165, 1.54) is 13.3 Å². The Kier molecular flexibility index (Phi) is 9.49. The first-order valence-corrected chi connectivity index (χ1v) is 12.6. The maximum atomic E-state index is 12.6. The van der Waals surface area contributed by atoms with Crippen LogP contribution in [0.15, 0.2) is 90.0 Å². The number of benzene rings is 4. The number of nitrogens with one attached hydrogen (secondary N) is 1. The van der Waals surface area contributed by atoms with Gasteiger partial charge in [0.25, 0.3) is 5.91 Å². The molecule has 1 amide bonds. The minimum atomic E-state index is -0.422. The SMILES string of the molecule is COc1cc(C(=O)N/N=C/c2cc(Cl)c(OCc3ccc(Cl)cc3)c(Cl)c2)ccc1OCc1ccccc1. The van der Waals surface area contributed by atoms with Gasteiger partial charge in [0.2, 0.25) is 0 Å². The molecule has 0 aliphatic heterocycles. The maximum Gasteiger partial charge on any atom is 0.271 e. The number of hydrazone groups is 1. The van der Waals surface area contributed by atoms with Crippen molar-refractivity contribution in [2.75, 3.05) is 7.11 Å². The lowest BCUT2D eigenvalue weighted by atomic mass is 10.2. The molecule has 38 heavy (non-hydrogen) atoms. The van der Waals surface area contributed by atoms with Crippen molar-refractivity contribution in [3.63, 3.8) is 0 Å². The molecule has 0 bridgehead atoms. The van der Waals surface area contributed by atoms with Gasteiger partial charge >= 0.3 is 0 Å². The van der Waals surface area contributed by atoms with Gasteiger partial charge in [-0.05, 0) is 59.2 Å². The minimum Gasteiger partial charge on any atom is -0.493 e. The van der Waals surface area contributed by atoms with Crippen LogP contribution in [0, 0.1) is 0 Å². The van der Waals surface area contributed by atoms with Crippen LogP contribution >= 0.6 is 34.8 Å². The molecule has 0 saturated heterocycles. The number of methoxy groups -OCH3 is 1. The molecule has 0 aromatic heterocycles. The molecule has 194 valence electrons. The van der Waals surface area contributed by atoms with Crippen molar-refractivity contribution < 1.29 is 19.0 Å². The highest BCUT2D eigenvalue weighted by Gasteiger charge is 2.12. The molecule has 0 unspecified atom stereocenters. The van der Waals surface area contributed by atoms with Gasteiger partial charge in [0.1, 0.15) is 13.2 Å². The van der Waals surface area contributed by atoms with E-state index < -0.39 is 5.91 Å². The number of hydrogen-bond acceptors (Lipinski definition) is 5. The van der Waals surface area contributed by atoms with E-state index in [9.17, 15) is 4.79 Å². The monoisotopic (exact) mass is 568 g/mol. The number of hydrogen-bond donors (Lipinski definition) is 1. The van der Waals surface area contributed by atoms with Crippen molar-refractivity contribution in [1.29, 1.82) is 0 Å². The second kappa shape index (κ2) is 13.2. The summed E-state index contributed by atoms with van der Waals surface area (Å²) in [7, 11) is 1.51. The summed E-state index contributed by atoms with van der Waals surface area (Å²) in [6.07, 6.45) is 1.44. The van der Waals surface area contributed by atoms with Crippen LogP contribution in [0.25, 0.3) is 0 Å². The molecular weight excluding hydrogens is 547 g/mol. The highest BCUT2D eigenvalue weighted by atomic mass is 35.5. The summed E-state index contributed by atoms with van der Waals surface area (Å²) in [4.78, 5) is 12.6. The van der Waals surface area contributed by atoms with Crippen LogP contribution in [0.3, 0.4) is 0 Å². The molecule has 4 aromatic rings. The molecule has 0 radical (unpaired) electrons. The zero-order chi connectivity index (χ0) is 26.9. The van der Waals surface area contributed by atoms with Gasteiger partial charge in [-0.25, -0.2) is 5.43 Å². The van der Waals surface area contributed by atoms with Crippen LogP contribution in [0.4, 0.5) is 0 Å². The number of carbonyl (C=O) groups excluding carboxylic acids is 1. The van der Waals surface area contributed by atoms with E-state index in [0.717, 1.165) is 11.1 Å².